The molecule has 1 amide bonds. The van der Waals surface area contributed by atoms with Crippen molar-refractivity contribution >= 4 is 18.0 Å². The minimum atomic E-state index is -0.749. The molecule has 0 bridgehead atoms. The third-order valence-electron chi connectivity index (χ3n) is 4.94. The van der Waals surface area contributed by atoms with Gasteiger partial charge in [-0.15, -0.1) is 0 Å². The third-order valence-corrected chi connectivity index (χ3v) is 4.94. The van der Waals surface area contributed by atoms with Crippen LogP contribution in [0, 0.1) is 0 Å². The maximum atomic E-state index is 11.9. The molecule has 0 saturated heterocycles. The van der Waals surface area contributed by atoms with E-state index >= 15 is 0 Å². The molecule has 1 rings (SSSR count). The molecule has 0 radical (unpaired) electrons. The third kappa shape index (κ3) is 14.7. The van der Waals surface area contributed by atoms with Gasteiger partial charge in [0.2, 0.25) is 5.91 Å². The fourth-order valence-electron chi connectivity index (χ4n) is 3.12. The Labute approximate surface area is 181 Å². The summed E-state index contributed by atoms with van der Waals surface area (Å²) < 4.78 is 5.66. The maximum absolute atomic E-state index is 11.9. The SMILES string of the molecule is CCCCCCCCCCNC(=O)C=Cc1ccc(OCCCCCC(=O)O)cc1. The van der Waals surface area contributed by atoms with E-state index in [0.717, 1.165) is 37.1 Å². The first kappa shape index (κ1) is 25.7. The molecule has 0 spiro atoms. The Morgan fingerprint density at radius 1 is 0.900 bits per heavy atom. The van der Waals surface area contributed by atoms with Crippen molar-refractivity contribution in [2.24, 2.45) is 0 Å². The predicted molar refractivity (Wildman–Crippen MR) is 123 cm³/mol. The normalized spacial score (nSPS) is 11.0. The lowest BCUT2D eigenvalue weighted by atomic mass is 10.1. The standard InChI is InChI=1S/C25H39NO4/c1-2-3-4-5-6-7-8-11-20-26-24(27)19-16-22-14-17-23(18-15-22)30-21-12-9-10-13-25(28)29/h14-19H,2-13,20-21H2,1H3,(H,26,27)(H,28,29). The Hall–Kier alpha value is -2.30. The number of ether oxygens (including phenoxy) is 1. The van der Waals surface area contributed by atoms with Crippen molar-refractivity contribution in [3.63, 3.8) is 0 Å². The van der Waals surface area contributed by atoms with Crippen molar-refractivity contribution in [1.82, 2.24) is 5.32 Å². The second kappa shape index (κ2) is 17.5. The van der Waals surface area contributed by atoms with Gasteiger partial charge in [-0.05, 0) is 49.5 Å². The molecule has 0 aromatic heterocycles. The van der Waals surface area contributed by atoms with Gasteiger partial charge in [0, 0.05) is 19.0 Å². The van der Waals surface area contributed by atoms with Crippen LogP contribution in [-0.4, -0.2) is 30.1 Å². The Kier molecular flexibility index (Phi) is 15.1. The average molecular weight is 418 g/mol. The van der Waals surface area contributed by atoms with E-state index < -0.39 is 5.97 Å². The average Bonchev–Trinajstić information content (AvgIpc) is 2.74. The lowest BCUT2D eigenvalue weighted by molar-refractivity contribution is -0.137. The zero-order chi connectivity index (χ0) is 21.9. The minimum absolute atomic E-state index is 0.0559. The summed E-state index contributed by atoms with van der Waals surface area (Å²) >= 11 is 0. The van der Waals surface area contributed by atoms with Gasteiger partial charge in [0.25, 0.3) is 0 Å². The van der Waals surface area contributed by atoms with Gasteiger partial charge >= 0.3 is 5.97 Å². The molecule has 0 heterocycles. The largest absolute Gasteiger partial charge is 0.494 e. The van der Waals surface area contributed by atoms with Crippen LogP contribution in [0.1, 0.15) is 89.5 Å². The Morgan fingerprint density at radius 2 is 1.53 bits per heavy atom. The predicted octanol–water partition coefficient (Wildman–Crippen LogP) is 5.98. The monoisotopic (exact) mass is 417 g/mol. The summed E-state index contributed by atoms with van der Waals surface area (Å²) in [5.41, 5.74) is 0.950. The van der Waals surface area contributed by atoms with Gasteiger partial charge in [-0.25, -0.2) is 0 Å². The van der Waals surface area contributed by atoms with Crippen molar-refractivity contribution in [3.8, 4) is 5.75 Å². The van der Waals surface area contributed by atoms with Gasteiger partial charge in [-0.2, -0.15) is 0 Å². The number of rotatable bonds is 18. The molecule has 1 aromatic rings. The van der Waals surface area contributed by atoms with Crippen LogP contribution in [0.4, 0.5) is 0 Å². The van der Waals surface area contributed by atoms with Gasteiger partial charge in [-0.3, -0.25) is 9.59 Å². The topological polar surface area (TPSA) is 75.6 Å². The molecular weight excluding hydrogens is 378 g/mol. The van der Waals surface area contributed by atoms with Crippen LogP contribution in [0.3, 0.4) is 0 Å². The summed E-state index contributed by atoms with van der Waals surface area (Å²) in [6, 6.07) is 7.61. The van der Waals surface area contributed by atoms with Crippen LogP contribution >= 0.6 is 0 Å². The first-order valence-electron chi connectivity index (χ1n) is 11.5. The number of aliphatic carboxylic acids is 1. The summed E-state index contributed by atoms with van der Waals surface area (Å²) in [7, 11) is 0. The van der Waals surface area contributed by atoms with Crippen LogP contribution < -0.4 is 10.1 Å². The molecule has 2 N–H and O–H groups in total. The minimum Gasteiger partial charge on any atom is -0.494 e. The molecular formula is C25H39NO4. The Morgan fingerprint density at radius 3 is 2.20 bits per heavy atom. The second-order valence-electron chi connectivity index (χ2n) is 7.72. The van der Waals surface area contributed by atoms with E-state index in [2.05, 4.69) is 12.2 Å². The maximum Gasteiger partial charge on any atom is 0.303 e. The van der Waals surface area contributed by atoms with Gasteiger partial charge in [0.05, 0.1) is 6.61 Å². The van der Waals surface area contributed by atoms with E-state index in [1.54, 1.807) is 12.2 Å². The fourth-order valence-corrected chi connectivity index (χ4v) is 3.12. The van der Waals surface area contributed by atoms with E-state index in [1.807, 2.05) is 24.3 Å². The van der Waals surface area contributed by atoms with Gasteiger partial charge < -0.3 is 15.2 Å². The molecule has 0 fully saturated rings. The molecule has 0 saturated carbocycles. The van der Waals surface area contributed by atoms with Crippen molar-refractivity contribution in [2.45, 2.75) is 84.0 Å². The Bertz CT molecular complexity index is 610. The van der Waals surface area contributed by atoms with Gasteiger partial charge in [-0.1, -0.05) is 64.0 Å². The molecule has 5 heteroatoms. The van der Waals surface area contributed by atoms with Crippen molar-refractivity contribution in [1.29, 1.82) is 0 Å². The number of carboxylic acid groups (broad SMARTS) is 1. The summed E-state index contributed by atoms with van der Waals surface area (Å²) in [5.74, 6) is -0.0226. The highest BCUT2D eigenvalue weighted by Crippen LogP contribution is 2.14. The van der Waals surface area contributed by atoms with E-state index in [-0.39, 0.29) is 12.3 Å². The molecule has 5 nitrogen and oxygen atoms in total. The van der Waals surface area contributed by atoms with Crippen LogP contribution in [0.2, 0.25) is 0 Å². The lowest BCUT2D eigenvalue weighted by Crippen LogP contribution is -2.21. The van der Waals surface area contributed by atoms with Crippen LogP contribution in [0.15, 0.2) is 30.3 Å². The number of carbonyl (C=O) groups excluding carboxylic acids is 1. The van der Waals surface area contributed by atoms with E-state index in [0.29, 0.717) is 13.0 Å². The number of unbranched alkanes of at least 4 members (excludes halogenated alkanes) is 9. The quantitative estimate of drug-likeness (QED) is 0.227. The molecule has 0 unspecified atom stereocenters. The van der Waals surface area contributed by atoms with Crippen LogP contribution in [-0.2, 0) is 9.59 Å². The number of hydrogen-bond acceptors (Lipinski definition) is 3. The summed E-state index contributed by atoms with van der Waals surface area (Å²) in [4.78, 5) is 22.3. The van der Waals surface area contributed by atoms with Crippen LogP contribution in [0.5, 0.6) is 5.75 Å². The number of benzene rings is 1. The molecule has 30 heavy (non-hydrogen) atoms. The number of carbonyl (C=O) groups is 2. The zero-order valence-corrected chi connectivity index (χ0v) is 18.5. The number of hydrogen-bond donors (Lipinski definition) is 2. The van der Waals surface area contributed by atoms with Crippen molar-refractivity contribution < 1.29 is 19.4 Å². The lowest BCUT2D eigenvalue weighted by Gasteiger charge is -2.06. The fraction of sp³-hybridized carbons (Fsp3) is 0.600. The Balaban J connectivity index is 2.10. The highest BCUT2D eigenvalue weighted by molar-refractivity contribution is 5.91. The first-order valence-corrected chi connectivity index (χ1v) is 11.5. The zero-order valence-electron chi connectivity index (χ0n) is 18.5. The summed E-state index contributed by atoms with van der Waals surface area (Å²) in [6.45, 7) is 3.55. The van der Waals surface area contributed by atoms with E-state index in [1.165, 1.54) is 44.9 Å². The number of nitrogens with one attached hydrogen (secondary N) is 1. The highest BCUT2D eigenvalue weighted by Gasteiger charge is 1.99. The molecule has 168 valence electrons. The van der Waals surface area contributed by atoms with E-state index in [9.17, 15) is 9.59 Å². The van der Waals surface area contributed by atoms with Gasteiger partial charge in [0.1, 0.15) is 5.75 Å². The molecule has 0 atom stereocenters. The first-order chi connectivity index (χ1) is 14.6. The highest BCUT2D eigenvalue weighted by atomic mass is 16.5. The van der Waals surface area contributed by atoms with Crippen molar-refractivity contribution in [3.05, 3.63) is 35.9 Å². The molecule has 0 aliphatic heterocycles. The molecule has 1 aromatic carbocycles. The van der Waals surface area contributed by atoms with Crippen molar-refractivity contribution in [2.75, 3.05) is 13.2 Å². The molecule has 0 aliphatic rings. The molecule has 0 aliphatic carbocycles. The smallest absolute Gasteiger partial charge is 0.303 e. The summed E-state index contributed by atoms with van der Waals surface area (Å²) in [5, 5.41) is 11.5. The van der Waals surface area contributed by atoms with E-state index in [4.69, 9.17) is 9.84 Å². The van der Waals surface area contributed by atoms with Gasteiger partial charge in [0.15, 0.2) is 0 Å². The summed E-state index contributed by atoms with van der Waals surface area (Å²) in [6.07, 6.45) is 16.0. The number of amides is 1. The van der Waals surface area contributed by atoms with Crippen LogP contribution in [0.25, 0.3) is 6.08 Å². The number of carboxylic acids is 1. The second-order valence-corrected chi connectivity index (χ2v) is 7.72.